The number of hydrogen-bond acceptors (Lipinski definition) is 4. The SMILES string of the molecule is CN(C)C(=O)NC[C@H]1CN(Cc2ccco2)Cc2ccnn21. The summed E-state index contributed by atoms with van der Waals surface area (Å²) in [5, 5.41) is 7.33. The number of urea groups is 1. The third-order valence-electron chi connectivity index (χ3n) is 3.81. The number of carbonyl (C=O) groups is 1. The normalized spacial score (nSPS) is 18.0. The lowest BCUT2D eigenvalue weighted by Crippen LogP contribution is -2.44. The first-order valence-corrected chi connectivity index (χ1v) is 7.36. The molecule has 0 unspecified atom stereocenters. The monoisotopic (exact) mass is 303 g/mol. The molecule has 0 saturated heterocycles. The van der Waals surface area contributed by atoms with Crippen molar-refractivity contribution in [3.63, 3.8) is 0 Å². The van der Waals surface area contributed by atoms with Gasteiger partial charge in [0.05, 0.1) is 24.5 Å². The van der Waals surface area contributed by atoms with Gasteiger partial charge in [-0.15, -0.1) is 0 Å². The fourth-order valence-electron chi connectivity index (χ4n) is 2.72. The third-order valence-corrected chi connectivity index (χ3v) is 3.81. The summed E-state index contributed by atoms with van der Waals surface area (Å²) in [6.45, 7) is 2.97. The fourth-order valence-corrected chi connectivity index (χ4v) is 2.72. The van der Waals surface area contributed by atoms with Crippen molar-refractivity contribution in [2.75, 3.05) is 27.2 Å². The quantitative estimate of drug-likeness (QED) is 0.924. The lowest BCUT2D eigenvalue weighted by molar-refractivity contribution is 0.153. The predicted octanol–water partition coefficient (Wildman–Crippen LogP) is 1.30. The van der Waals surface area contributed by atoms with Crippen LogP contribution in [0.5, 0.6) is 0 Å². The number of amides is 2. The van der Waals surface area contributed by atoms with Gasteiger partial charge in [0.15, 0.2) is 0 Å². The molecule has 22 heavy (non-hydrogen) atoms. The smallest absolute Gasteiger partial charge is 0.316 e. The van der Waals surface area contributed by atoms with Crippen LogP contribution in [0.2, 0.25) is 0 Å². The number of fused-ring (bicyclic) bond motifs is 1. The van der Waals surface area contributed by atoms with Crippen LogP contribution in [-0.4, -0.2) is 52.8 Å². The number of furan rings is 1. The van der Waals surface area contributed by atoms with Crippen molar-refractivity contribution in [3.8, 4) is 0 Å². The van der Waals surface area contributed by atoms with Gasteiger partial charge >= 0.3 is 6.03 Å². The van der Waals surface area contributed by atoms with Crippen LogP contribution in [0.15, 0.2) is 35.1 Å². The van der Waals surface area contributed by atoms with Gasteiger partial charge in [-0.05, 0) is 18.2 Å². The van der Waals surface area contributed by atoms with Gasteiger partial charge in [-0.1, -0.05) is 0 Å². The van der Waals surface area contributed by atoms with Crippen molar-refractivity contribution in [1.29, 1.82) is 0 Å². The highest BCUT2D eigenvalue weighted by Gasteiger charge is 2.26. The Morgan fingerprint density at radius 3 is 3.09 bits per heavy atom. The average Bonchev–Trinajstić information content (AvgIpc) is 3.15. The second-order valence-corrected chi connectivity index (χ2v) is 5.75. The van der Waals surface area contributed by atoms with Crippen LogP contribution < -0.4 is 5.32 Å². The summed E-state index contributed by atoms with van der Waals surface area (Å²) in [5.41, 5.74) is 1.15. The minimum absolute atomic E-state index is 0.0862. The first-order chi connectivity index (χ1) is 10.6. The van der Waals surface area contributed by atoms with Crippen LogP contribution in [0.4, 0.5) is 4.79 Å². The van der Waals surface area contributed by atoms with E-state index in [-0.39, 0.29) is 12.1 Å². The van der Waals surface area contributed by atoms with Gasteiger partial charge in [-0.3, -0.25) is 9.58 Å². The number of hydrogen-bond donors (Lipinski definition) is 1. The zero-order valence-corrected chi connectivity index (χ0v) is 12.9. The van der Waals surface area contributed by atoms with Crippen LogP contribution >= 0.6 is 0 Å². The zero-order valence-electron chi connectivity index (χ0n) is 12.9. The highest BCUT2D eigenvalue weighted by atomic mass is 16.3. The van der Waals surface area contributed by atoms with E-state index < -0.39 is 0 Å². The number of aromatic nitrogens is 2. The van der Waals surface area contributed by atoms with Gasteiger partial charge < -0.3 is 14.6 Å². The molecule has 1 atom stereocenters. The maximum atomic E-state index is 11.7. The number of nitrogens with one attached hydrogen (secondary N) is 1. The molecule has 2 amide bonds. The fraction of sp³-hybridized carbons (Fsp3) is 0.467. The molecule has 0 bridgehead atoms. The van der Waals surface area contributed by atoms with Gasteiger partial charge in [0.2, 0.25) is 0 Å². The van der Waals surface area contributed by atoms with E-state index in [4.69, 9.17) is 4.42 Å². The van der Waals surface area contributed by atoms with E-state index in [1.807, 2.05) is 29.1 Å². The lowest BCUT2D eigenvalue weighted by atomic mass is 10.2. The van der Waals surface area contributed by atoms with Crippen LogP contribution in [0.3, 0.4) is 0 Å². The Bertz CT molecular complexity index is 620. The minimum atomic E-state index is -0.0862. The van der Waals surface area contributed by atoms with Gasteiger partial charge in [-0.25, -0.2) is 4.79 Å². The summed E-state index contributed by atoms with van der Waals surface area (Å²) in [5.74, 6) is 0.948. The summed E-state index contributed by atoms with van der Waals surface area (Å²) < 4.78 is 7.44. The highest BCUT2D eigenvalue weighted by molar-refractivity contribution is 5.73. The van der Waals surface area contributed by atoms with Crippen LogP contribution in [0.1, 0.15) is 17.5 Å². The Morgan fingerprint density at radius 1 is 1.50 bits per heavy atom. The van der Waals surface area contributed by atoms with Gasteiger partial charge in [0.1, 0.15) is 5.76 Å². The molecule has 0 fully saturated rings. The largest absolute Gasteiger partial charge is 0.468 e. The van der Waals surface area contributed by atoms with Crippen molar-refractivity contribution < 1.29 is 9.21 Å². The summed E-state index contributed by atoms with van der Waals surface area (Å²) >= 11 is 0. The molecule has 0 aromatic carbocycles. The Hall–Kier alpha value is -2.28. The lowest BCUT2D eigenvalue weighted by Gasteiger charge is -2.33. The second kappa shape index (κ2) is 6.23. The van der Waals surface area contributed by atoms with Crippen molar-refractivity contribution in [1.82, 2.24) is 24.9 Å². The minimum Gasteiger partial charge on any atom is -0.468 e. The Balaban J connectivity index is 1.68. The summed E-state index contributed by atoms with van der Waals surface area (Å²) in [7, 11) is 3.47. The molecule has 3 heterocycles. The molecule has 1 aliphatic rings. The van der Waals surface area contributed by atoms with E-state index in [0.29, 0.717) is 6.54 Å². The summed E-state index contributed by atoms with van der Waals surface area (Å²) in [6, 6.07) is 5.94. The zero-order chi connectivity index (χ0) is 15.5. The average molecular weight is 303 g/mol. The van der Waals surface area contributed by atoms with Crippen LogP contribution in [-0.2, 0) is 13.1 Å². The topological polar surface area (TPSA) is 66.5 Å². The maximum absolute atomic E-state index is 11.7. The molecule has 0 saturated carbocycles. The summed E-state index contributed by atoms with van der Waals surface area (Å²) in [6.07, 6.45) is 3.50. The number of rotatable bonds is 4. The van der Waals surface area contributed by atoms with E-state index in [2.05, 4.69) is 15.3 Å². The molecular weight excluding hydrogens is 282 g/mol. The molecule has 7 heteroatoms. The van der Waals surface area contributed by atoms with Crippen LogP contribution in [0.25, 0.3) is 0 Å². The molecule has 2 aromatic heterocycles. The molecule has 1 aliphatic heterocycles. The van der Waals surface area contributed by atoms with Crippen molar-refractivity contribution in [2.45, 2.75) is 19.1 Å². The van der Waals surface area contributed by atoms with E-state index in [1.54, 1.807) is 20.4 Å². The molecule has 3 rings (SSSR count). The molecule has 118 valence electrons. The molecule has 0 spiro atoms. The van der Waals surface area contributed by atoms with Gasteiger partial charge in [0.25, 0.3) is 0 Å². The standard InChI is InChI=1S/C15H21N5O2/c1-18(2)15(21)16-8-13-10-19(11-14-4-3-7-22-14)9-12-5-6-17-20(12)13/h3-7,13H,8-11H2,1-2H3,(H,16,21)/t13-/m0/s1. The van der Waals surface area contributed by atoms with Gasteiger partial charge in [-0.2, -0.15) is 5.10 Å². The Morgan fingerprint density at radius 2 is 2.36 bits per heavy atom. The van der Waals surface area contributed by atoms with E-state index >= 15 is 0 Å². The molecule has 7 nitrogen and oxygen atoms in total. The van der Waals surface area contributed by atoms with Crippen molar-refractivity contribution in [2.24, 2.45) is 0 Å². The maximum Gasteiger partial charge on any atom is 0.316 e. The van der Waals surface area contributed by atoms with Crippen molar-refractivity contribution >= 4 is 6.03 Å². The Kier molecular flexibility index (Phi) is 4.15. The van der Waals surface area contributed by atoms with E-state index in [1.165, 1.54) is 4.90 Å². The highest BCUT2D eigenvalue weighted by Crippen LogP contribution is 2.21. The molecular formula is C15H21N5O2. The van der Waals surface area contributed by atoms with Crippen molar-refractivity contribution in [3.05, 3.63) is 42.1 Å². The Labute approximate surface area is 129 Å². The molecule has 1 N–H and O–H groups in total. The van der Waals surface area contributed by atoms with Crippen LogP contribution in [0, 0.1) is 0 Å². The number of nitrogens with zero attached hydrogens (tertiary/aromatic N) is 4. The predicted molar refractivity (Wildman–Crippen MR) is 81.2 cm³/mol. The van der Waals surface area contributed by atoms with Gasteiger partial charge in [0, 0.05) is 39.9 Å². The first-order valence-electron chi connectivity index (χ1n) is 7.36. The second-order valence-electron chi connectivity index (χ2n) is 5.75. The third kappa shape index (κ3) is 3.14. The van der Waals surface area contributed by atoms with E-state index in [9.17, 15) is 4.79 Å². The summed E-state index contributed by atoms with van der Waals surface area (Å²) in [4.78, 5) is 15.6. The molecule has 0 radical (unpaired) electrons. The first kappa shape index (κ1) is 14.6. The molecule has 0 aliphatic carbocycles. The van der Waals surface area contributed by atoms with E-state index in [0.717, 1.165) is 31.1 Å². The number of carbonyl (C=O) groups excluding carboxylic acids is 1. The molecule has 2 aromatic rings.